The molecule has 0 aromatic heterocycles. The molecule has 0 bridgehead atoms. The lowest BCUT2D eigenvalue weighted by atomic mass is 9.97. The Morgan fingerprint density at radius 2 is 1.92 bits per heavy atom. The standard InChI is InChI=1S/C11H23NO/c1-4-5-6-7-10(13)8-11(12)9(2)3/h9,11H,4-8,12H2,1-3H3. The summed E-state index contributed by atoms with van der Waals surface area (Å²) in [5.41, 5.74) is 5.80. The van der Waals surface area contributed by atoms with Gasteiger partial charge in [0.1, 0.15) is 5.78 Å². The second kappa shape index (κ2) is 7.07. The van der Waals surface area contributed by atoms with Crippen molar-refractivity contribution in [3.63, 3.8) is 0 Å². The van der Waals surface area contributed by atoms with Crippen LogP contribution in [0, 0.1) is 5.92 Å². The molecular formula is C11H23NO. The minimum absolute atomic E-state index is 0.0501. The highest BCUT2D eigenvalue weighted by molar-refractivity contribution is 5.78. The molecule has 0 rings (SSSR count). The van der Waals surface area contributed by atoms with E-state index in [1.165, 1.54) is 6.42 Å². The number of hydrogen-bond acceptors (Lipinski definition) is 2. The molecule has 0 aliphatic heterocycles. The summed E-state index contributed by atoms with van der Waals surface area (Å²) in [6.45, 7) is 6.26. The van der Waals surface area contributed by atoms with E-state index in [1.54, 1.807) is 0 Å². The monoisotopic (exact) mass is 185 g/mol. The Bertz CT molecular complexity index is 143. The van der Waals surface area contributed by atoms with Crippen molar-refractivity contribution in [1.82, 2.24) is 0 Å². The molecule has 0 aliphatic rings. The number of Topliss-reactive ketones (excluding diaryl/α,β-unsaturated/α-hetero) is 1. The largest absolute Gasteiger partial charge is 0.327 e. The second-order valence-corrected chi connectivity index (χ2v) is 4.11. The molecule has 78 valence electrons. The molecule has 1 unspecified atom stereocenters. The molecule has 0 saturated carbocycles. The third-order valence-corrected chi connectivity index (χ3v) is 2.38. The molecule has 0 heterocycles. The van der Waals surface area contributed by atoms with E-state index < -0.39 is 0 Å². The Morgan fingerprint density at radius 3 is 2.38 bits per heavy atom. The van der Waals surface area contributed by atoms with Crippen LogP contribution in [-0.2, 0) is 4.79 Å². The average molecular weight is 185 g/mol. The Morgan fingerprint density at radius 1 is 1.31 bits per heavy atom. The van der Waals surface area contributed by atoms with Gasteiger partial charge >= 0.3 is 0 Å². The van der Waals surface area contributed by atoms with Gasteiger partial charge in [-0.15, -0.1) is 0 Å². The molecule has 0 amide bonds. The van der Waals surface area contributed by atoms with Crippen LogP contribution in [0.1, 0.15) is 52.9 Å². The maximum Gasteiger partial charge on any atom is 0.134 e. The SMILES string of the molecule is CCCCCC(=O)CC(N)C(C)C. The first-order valence-corrected chi connectivity index (χ1v) is 5.35. The predicted octanol–water partition coefficient (Wildman–Crippen LogP) is 2.51. The average Bonchev–Trinajstić information content (AvgIpc) is 2.04. The van der Waals surface area contributed by atoms with E-state index in [-0.39, 0.29) is 6.04 Å². The van der Waals surface area contributed by atoms with Gasteiger partial charge in [0, 0.05) is 18.9 Å². The van der Waals surface area contributed by atoms with Crippen LogP contribution in [0.4, 0.5) is 0 Å². The van der Waals surface area contributed by atoms with Crippen LogP contribution in [0.5, 0.6) is 0 Å². The molecule has 2 heteroatoms. The van der Waals surface area contributed by atoms with Gasteiger partial charge in [0.25, 0.3) is 0 Å². The Kier molecular flexibility index (Phi) is 6.87. The Balaban J connectivity index is 3.50. The first kappa shape index (κ1) is 12.6. The third-order valence-electron chi connectivity index (χ3n) is 2.38. The van der Waals surface area contributed by atoms with Crippen molar-refractivity contribution in [3.05, 3.63) is 0 Å². The van der Waals surface area contributed by atoms with E-state index in [0.29, 0.717) is 24.5 Å². The number of rotatable bonds is 7. The van der Waals surface area contributed by atoms with Crippen LogP contribution >= 0.6 is 0 Å². The zero-order valence-corrected chi connectivity index (χ0v) is 9.18. The number of carbonyl (C=O) groups is 1. The minimum Gasteiger partial charge on any atom is -0.327 e. The van der Waals surface area contributed by atoms with E-state index in [2.05, 4.69) is 20.8 Å². The number of carbonyl (C=O) groups excluding carboxylic acids is 1. The zero-order chi connectivity index (χ0) is 10.3. The van der Waals surface area contributed by atoms with Crippen molar-refractivity contribution in [1.29, 1.82) is 0 Å². The van der Waals surface area contributed by atoms with Crippen molar-refractivity contribution >= 4 is 5.78 Å². The van der Waals surface area contributed by atoms with Gasteiger partial charge in [0.05, 0.1) is 0 Å². The van der Waals surface area contributed by atoms with Crippen LogP contribution in [0.3, 0.4) is 0 Å². The molecule has 0 aliphatic carbocycles. The summed E-state index contributed by atoms with van der Waals surface area (Å²) >= 11 is 0. The second-order valence-electron chi connectivity index (χ2n) is 4.11. The van der Waals surface area contributed by atoms with Crippen molar-refractivity contribution in [2.45, 2.75) is 58.9 Å². The van der Waals surface area contributed by atoms with Crippen molar-refractivity contribution in [2.24, 2.45) is 11.7 Å². The fourth-order valence-electron chi connectivity index (χ4n) is 1.17. The fraction of sp³-hybridized carbons (Fsp3) is 0.909. The van der Waals surface area contributed by atoms with Gasteiger partial charge in [0.2, 0.25) is 0 Å². The number of hydrogen-bond donors (Lipinski definition) is 1. The molecule has 0 saturated heterocycles. The van der Waals surface area contributed by atoms with Crippen LogP contribution in [0.15, 0.2) is 0 Å². The topological polar surface area (TPSA) is 43.1 Å². The van der Waals surface area contributed by atoms with Gasteiger partial charge in [-0.05, 0) is 12.3 Å². The summed E-state index contributed by atoms with van der Waals surface area (Å²) < 4.78 is 0. The molecular weight excluding hydrogens is 162 g/mol. The van der Waals surface area contributed by atoms with Gasteiger partial charge in [-0.2, -0.15) is 0 Å². The predicted molar refractivity (Wildman–Crippen MR) is 56.6 cm³/mol. The quantitative estimate of drug-likeness (QED) is 0.619. The first-order chi connectivity index (χ1) is 6.07. The van der Waals surface area contributed by atoms with Gasteiger partial charge in [-0.1, -0.05) is 33.6 Å². The summed E-state index contributed by atoms with van der Waals surface area (Å²) in [4.78, 5) is 11.4. The van der Waals surface area contributed by atoms with E-state index >= 15 is 0 Å². The fourth-order valence-corrected chi connectivity index (χ4v) is 1.17. The highest BCUT2D eigenvalue weighted by Gasteiger charge is 2.12. The van der Waals surface area contributed by atoms with Crippen LogP contribution in [0.25, 0.3) is 0 Å². The lowest BCUT2D eigenvalue weighted by Gasteiger charge is -2.14. The number of unbranched alkanes of at least 4 members (excludes halogenated alkanes) is 2. The molecule has 0 aromatic carbocycles. The third kappa shape index (κ3) is 6.76. The summed E-state index contributed by atoms with van der Waals surface area (Å²) in [5, 5.41) is 0. The van der Waals surface area contributed by atoms with E-state index in [9.17, 15) is 4.79 Å². The zero-order valence-electron chi connectivity index (χ0n) is 9.18. The van der Waals surface area contributed by atoms with E-state index in [1.807, 2.05) is 0 Å². The molecule has 2 nitrogen and oxygen atoms in total. The van der Waals surface area contributed by atoms with Crippen LogP contribution < -0.4 is 5.73 Å². The van der Waals surface area contributed by atoms with Gasteiger partial charge in [-0.25, -0.2) is 0 Å². The van der Waals surface area contributed by atoms with Gasteiger partial charge in [-0.3, -0.25) is 4.79 Å². The minimum atomic E-state index is 0.0501. The smallest absolute Gasteiger partial charge is 0.134 e. The molecule has 1 atom stereocenters. The molecule has 13 heavy (non-hydrogen) atoms. The highest BCUT2D eigenvalue weighted by atomic mass is 16.1. The van der Waals surface area contributed by atoms with E-state index in [4.69, 9.17) is 5.73 Å². The van der Waals surface area contributed by atoms with Gasteiger partial charge in [0.15, 0.2) is 0 Å². The summed E-state index contributed by atoms with van der Waals surface area (Å²) in [6, 6.07) is 0.0501. The Labute approximate surface area is 81.9 Å². The Hall–Kier alpha value is -0.370. The molecule has 0 spiro atoms. The first-order valence-electron chi connectivity index (χ1n) is 5.35. The summed E-state index contributed by atoms with van der Waals surface area (Å²) in [5.74, 6) is 0.741. The molecule has 0 radical (unpaired) electrons. The number of ketones is 1. The van der Waals surface area contributed by atoms with E-state index in [0.717, 1.165) is 12.8 Å². The van der Waals surface area contributed by atoms with Gasteiger partial charge < -0.3 is 5.73 Å². The van der Waals surface area contributed by atoms with Crippen molar-refractivity contribution in [3.8, 4) is 0 Å². The summed E-state index contributed by atoms with van der Waals surface area (Å²) in [7, 11) is 0. The lowest BCUT2D eigenvalue weighted by Crippen LogP contribution is -2.29. The van der Waals surface area contributed by atoms with Crippen LogP contribution in [0.2, 0.25) is 0 Å². The normalized spacial score (nSPS) is 13.3. The lowest BCUT2D eigenvalue weighted by molar-refractivity contribution is -0.119. The molecule has 0 fully saturated rings. The molecule has 0 aromatic rings. The maximum absolute atomic E-state index is 11.4. The summed E-state index contributed by atoms with van der Waals surface area (Å²) in [6.07, 6.45) is 4.63. The molecule has 2 N–H and O–H groups in total. The van der Waals surface area contributed by atoms with Crippen LogP contribution in [-0.4, -0.2) is 11.8 Å². The van der Waals surface area contributed by atoms with Crippen molar-refractivity contribution in [2.75, 3.05) is 0 Å². The maximum atomic E-state index is 11.4. The highest BCUT2D eigenvalue weighted by Crippen LogP contribution is 2.07. The van der Waals surface area contributed by atoms with Crippen molar-refractivity contribution < 1.29 is 4.79 Å². The number of nitrogens with two attached hydrogens (primary N) is 1.